The minimum absolute atomic E-state index is 0.00631. The van der Waals surface area contributed by atoms with Crippen LogP contribution in [0.1, 0.15) is 36.5 Å². The van der Waals surface area contributed by atoms with Crippen molar-refractivity contribution in [2.24, 2.45) is 0 Å². The Balaban J connectivity index is 2.85. The summed E-state index contributed by atoms with van der Waals surface area (Å²) in [6, 6.07) is 3.07. The fourth-order valence-corrected chi connectivity index (χ4v) is 1.95. The number of benzene rings is 1. The van der Waals surface area contributed by atoms with Gasteiger partial charge in [-0.05, 0) is 18.6 Å². The van der Waals surface area contributed by atoms with Crippen molar-refractivity contribution in [2.45, 2.75) is 26.2 Å². The summed E-state index contributed by atoms with van der Waals surface area (Å²) in [5.74, 6) is -0.760. The number of Topliss-reactive ketones (excluding diaryl/α,β-unsaturated/α-hetero) is 1. The lowest BCUT2D eigenvalue weighted by Crippen LogP contribution is -2.06. The van der Waals surface area contributed by atoms with Crippen LogP contribution < -0.4 is 4.74 Å². The molecule has 0 saturated heterocycles. The SMILES string of the molecule is CCCC(=O)c1ccc(OCCC(=O)O)c(Cl)c1Cl. The maximum atomic E-state index is 11.8. The molecule has 19 heavy (non-hydrogen) atoms. The first-order valence-corrected chi connectivity index (χ1v) is 6.58. The minimum Gasteiger partial charge on any atom is -0.491 e. The lowest BCUT2D eigenvalue weighted by molar-refractivity contribution is -0.137. The third-order valence-electron chi connectivity index (χ3n) is 2.40. The zero-order chi connectivity index (χ0) is 14.4. The Bertz CT molecular complexity index is 486. The standard InChI is InChI=1S/C13H14Cl2O4/c1-2-3-9(16)8-4-5-10(13(15)12(8)14)19-7-6-11(17)18/h4-5H,2-3,6-7H2,1H3,(H,17,18). The zero-order valence-corrected chi connectivity index (χ0v) is 11.9. The molecule has 0 saturated carbocycles. The summed E-state index contributed by atoms with van der Waals surface area (Å²) in [5.41, 5.74) is 0.360. The highest BCUT2D eigenvalue weighted by Gasteiger charge is 2.16. The van der Waals surface area contributed by atoms with E-state index in [0.717, 1.165) is 6.42 Å². The number of rotatable bonds is 7. The van der Waals surface area contributed by atoms with E-state index in [9.17, 15) is 9.59 Å². The molecule has 0 fully saturated rings. The second-order valence-corrected chi connectivity index (χ2v) is 4.66. The first kappa shape index (κ1) is 15.8. The van der Waals surface area contributed by atoms with E-state index in [1.54, 1.807) is 6.07 Å². The second-order valence-electron chi connectivity index (χ2n) is 3.90. The molecule has 4 nitrogen and oxygen atoms in total. The van der Waals surface area contributed by atoms with Crippen LogP contribution >= 0.6 is 23.2 Å². The fraction of sp³-hybridized carbons (Fsp3) is 0.385. The predicted octanol–water partition coefficient (Wildman–Crippen LogP) is 3.83. The van der Waals surface area contributed by atoms with Crippen LogP contribution in [0.2, 0.25) is 10.0 Å². The number of carboxylic acids is 1. The van der Waals surface area contributed by atoms with E-state index in [1.165, 1.54) is 6.07 Å². The van der Waals surface area contributed by atoms with Crippen LogP contribution in [0.25, 0.3) is 0 Å². The van der Waals surface area contributed by atoms with Gasteiger partial charge in [-0.2, -0.15) is 0 Å². The summed E-state index contributed by atoms with van der Waals surface area (Å²) in [6.07, 6.45) is 0.989. The van der Waals surface area contributed by atoms with Crippen molar-refractivity contribution in [1.29, 1.82) is 0 Å². The average Bonchev–Trinajstić information content (AvgIpc) is 2.34. The summed E-state index contributed by atoms with van der Waals surface area (Å²) in [4.78, 5) is 22.1. The number of aliphatic carboxylic acids is 1. The van der Waals surface area contributed by atoms with Crippen molar-refractivity contribution < 1.29 is 19.4 Å². The molecule has 0 radical (unpaired) electrons. The fourth-order valence-electron chi connectivity index (χ4n) is 1.47. The summed E-state index contributed by atoms with van der Waals surface area (Å²) in [6.45, 7) is 1.89. The Morgan fingerprint density at radius 3 is 2.47 bits per heavy atom. The van der Waals surface area contributed by atoms with E-state index in [4.69, 9.17) is 33.0 Å². The molecule has 0 aliphatic heterocycles. The van der Waals surface area contributed by atoms with E-state index in [-0.39, 0.29) is 34.6 Å². The second kappa shape index (κ2) is 7.36. The van der Waals surface area contributed by atoms with Gasteiger partial charge in [-0.25, -0.2) is 0 Å². The van der Waals surface area contributed by atoms with Crippen LogP contribution in [0, 0.1) is 0 Å². The monoisotopic (exact) mass is 304 g/mol. The molecule has 1 aromatic carbocycles. The molecule has 104 valence electrons. The van der Waals surface area contributed by atoms with Crippen molar-refractivity contribution in [2.75, 3.05) is 6.61 Å². The molecular weight excluding hydrogens is 291 g/mol. The number of ether oxygens (including phenoxy) is 1. The van der Waals surface area contributed by atoms with Gasteiger partial charge in [0.15, 0.2) is 5.78 Å². The van der Waals surface area contributed by atoms with Crippen molar-refractivity contribution in [1.82, 2.24) is 0 Å². The van der Waals surface area contributed by atoms with E-state index >= 15 is 0 Å². The van der Waals surface area contributed by atoms with Gasteiger partial charge < -0.3 is 9.84 Å². The van der Waals surface area contributed by atoms with E-state index in [2.05, 4.69) is 0 Å². The van der Waals surface area contributed by atoms with E-state index < -0.39 is 5.97 Å². The van der Waals surface area contributed by atoms with Gasteiger partial charge in [0.1, 0.15) is 10.8 Å². The van der Waals surface area contributed by atoms with Crippen LogP contribution in [0.5, 0.6) is 5.75 Å². The van der Waals surface area contributed by atoms with Crippen LogP contribution in [0.15, 0.2) is 12.1 Å². The first-order valence-electron chi connectivity index (χ1n) is 5.83. The highest BCUT2D eigenvalue weighted by atomic mass is 35.5. The number of hydrogen-bond acceptors (Lipinski definition) is 3. The Hall–Kier alpha value is -1.26. The molecule has 0 aliphatic rings. The normalized spacial score (nSPS) is 10.3. The largest absolute Gasteiger partial charge is 0.491 e. The lowest BCUT2D eigenvalue weighted by atomic mass is 10.1. The molecule has 0 atom stereocenters. The average molecular weight is 305 g/mol. The molecule has 1 N–H and O–H groups in total. The van der Waals surface area contributed by atoms with E-state index in [1.807, 2.05) is 6.92 Å². The third-order valence-corrected chi connectivity index (χ3v) is 3.26. The minimum atomic E-state index is -0.961. The number of carboxylic acid groups (broad SMARTS) is 1. The highest BCUT2D eigenvalue weighted by Crippen LogP contribution is 2.35. The van der Waals surface area contributed by atoms with Crippen molar-refractivity contribution in [3.05, 3.63) is 27.7 Å². The smallest absolute Gasteiger partial charge is 0.306 e. The van der Waals surface area contributed by atoms with Gasteiger partial charge in [0, 0.05) is 12.0 Å². The summed E-state index contributed by atoms with van der Waals surface area (Å²) < 4.78 is 5.21. The van der Waals surface area contributed by atoms with Gasteiger partial charge in [0.25, 0.3) is 0 Å². The van der Waals surface area contributed by atoms with Crippen LogP contribution in [-0.4, -0.2) is 23.5 Å². The molecular formula is C13H14Cl2O4. The molecule has 0 heterocycles. The molecule has 6 heteroatoms. The topological polar surface area (TPSA) is 63.6 Å². The molecule has 0 amide bonds. The molecule has 1 rings (SSSR count). The quantitative estimate of drug-likeness (QED) is 0.778. The van der Waals surface area contributed by atoms with Gasteiger partial charge >= 0.3 is 5.97 Å². The van der Waals surface area contributed by atoms with Crippen molar-refractivity contribution in [3.63, 3.8) is 0 Å². The highest BCUT2D eigenvalue weighted by molar-refractivity contribution is 6.44. The zero-order valence-electron chi connectivity index (χ0n) is 10.4. The number of carbonyl (C=O) groups is 2. The van der Waals surface area contributed by atoms with Crippen LogP contribution in [-0.2, 0) is 4.79 Å². The van der Waals surface area contributed by atoms with Crippen LogP contribution in [0.3, 0.4) is 0 Å². The molecule has 0 aliphatic carbocycles. The Morgan fingerprint density at radius 1 is 1.21 bits per heavy atom. The van der Waals surface area contributed by atoms with Gasteiger partial charge in [-0.1, -0.05) is 30.1 Å². The Morgan fingerprint density at radius 2 is 1.89 bits per heavy atom. The summed E-state index contributed by atoms with van der Waals surface area (Å²) >= 11 is 12.0. The van der Waals surface area contributed by atoms with Crippen LogP contribution in [0.4, 0.5) is 0 Å². The molecule has 0 bridgehead atoms. The van der Waals surface area contributed by atoms with Gasteiger partial charge in [0.05, 0.1) is 18.1 Å². The molecule has 0 aromatic heterocycles. The van der Waals surface area contributed by atoms with Gasteiger partial charge in [-0.3, -0.25) is 9.59 Å². The number of hydrogen-bond donors (Lipinski definition) is 1. The van der Waals surface area contributed by atoms with Gasteiger partial charge in [-0.15, -0.1) is 0 Å². The molecule has 0 unspecified atom stereocenters. The van der Waals surface area contributed by atoms with Crippen molar-refractivity contribution >= 4 is 35.0 Å². The van der Waals surface area contributed by atoms with Gasteiger partial charge in [0.2, 0.25) is 0 Å². The van der Waals surface area contributed by atoms with Crippen molar-refractivity contribution in [3.8, 4) is 5.75 Å². The lowest BCUT2D eigenvalue weighted by Gasteiger charge is -2.10. The maximum Gasteiger partial charge on any atom is 0.306 e. The summed E-state index contributed by atoms with van der Waals surface area (Å²) in [5, 5.41) is 8.79. The molecule has 1 aromatic rings. The Kier molecular flexibility index (Phi) is 6.12. The number of halogens is 2. The summed E-state index contributed by atoms with van der Waals surface area (Å²) in [7, 11) is 0. The predicted molar refractivity (Wildman–Crippen MR) is 73.4 cm³/mol. The molecule has 0 spiro atoms. The Labute approximate surface area is 121 Å². The first-order chi connectivity index (χ1) is 8.97. The third kappa shape index (κ3) is 4.40. The number of carbonyl (C=O) groups excluding carboxylic acids is 1. The maximum absolute atomic E-state index is 11.8. The number of ketones is 1. The van der Waals surface area contributed by atoms with E-state index in [0.29, 0.717) is 12.0 Å².